The van der Waals surface area contributed by atoms with Crippen LogP contribution in [-0.2, 0) is 20.4 Å². The SMILES string of the molecule is CCOC(=O)C=C(N)CC1CC1.CCOC(=O)c1c(C(F)(F)F)ccnc1-c1ccc(OC(F)(F)F)cc1. The fourth-order valence-corrected chi connectivity index (χ4v) is 3.19. The van der Waals surface area contributed by atoms with E-state index in [9.17, 15) is 35.9 Å². The molecule has 1 heterocycles. The second kappa shape index (κ2) is 13.2. The van der Waals surface area contributed by atoms with Gasteiger partial charge in [0, 0.05) is 23.5 Å². The maximum atomic E-state index is 13.2. The number of rotatable bonds is 8. The van der Waals surface area contributed by atoms with E-state index in [0.717, 1.165) is 42.8 Å². The summed E-state index contributed by atoms with van der Waals surface area (Å²) in [6.45, 7) is 3.45. The van der Waals surface area contributed by atoms with Crippen LogP contribution in [0.4, 0.5) is 26.3 Å². The van der Waals surface area contributed by atoms with E-state index >= 15 is 0 Å². The number of ether oxygens (including phenoxy) is 3. The summed E-state index contributed by atoms with van der Waals surface area (Å²) in [5.74, 6) is -1.41. The van der Waals surface area contributed by atoms with Crippen LogP contribution in [0.5, 0.6) is 5.75 Å². The Balaban J connectivity index is 0.000000352. The molecule has 38 heavy (non-hydrogen) atoms. The molecule has 0 bridgehead atoms. The minimum absolute atomic E-state index is 0.00585. The lowest BCUT2D eigenvalue weighted by Gasteiger charge is -2.15. The van der Waals surface area contributed by atoms with Gasteiger partial charge in [-0.3, -0.25) is 4.98 Å². The number of nitrogens with two attached hydrogens (primary N) is 1. The number of benzene rings is 1. The maximum absolute atomic E-state index is 13.2. The van der Waals surface area contributed by atoms with Gasteiger partial charge in [0.25, 0.3) is 0 Å². The minimum Gasteiger partial charge on any atom is -0.463 e. The molecule has 1 aromatic heterocycles. The van der Waals surface area contributed by atoms with E-state index in [1.807, 2.05) is 0 Å². The lowest BCUT2D eigenvalue weighted by atomic mass is 10.0. The summed E-state index contributed by atoms with van der Waals surface area (Å²) in [4.78, 5) is 26.7. The van der Waals surface area contributed by atoms with Crippen molar-refractivity contribution in [3.05, 3.63) is 59.4 Å². The Labute approximate surface area is 214 Å². The summed E-state index contributed by atoms with van der Waals surface area (Å²) in [6, 6.07) is 4.55. The third-order valence-corrected chi connectivity index (χ3v) is 4.91. The van der Waals surface area contributed by atoms with Crippen molar-refractivity contribution in [3.8, 4) is 17.0 Å². The molecule has 0 aliphatic heterocycles. The molecule has 0 saturated heterocycles. The van der Waals surface area contributed by atoms with Crippen LogP contribution in [0.3, 0.4) is 0 Å². The van der Waals surface area contributed by atoms with Gasteiger partial charge in [-0.05, 0) is 69.4 Å². The Hall–Kier alpha value is -3.77. The predicted molar refractivity (Wildman–Crippen MR) is 124 cm³/mol. The van der Waals surface area contributed by atoms with E-state index in [0.29, 0.717) is 18.4 Å². The molecule has 0 amide bonds. The van der Waals surface area contributed by atoms with Crippen molar-refractivity contribution >= 4 is 11.9 Å². The summed E-state index contributed by atoms with van der Waals surface area (Å²) in [5, 5.41) is 0. The number of nitrogens with zero attached hydrogens (tertiary/aromatic N) is 1. The van der Waals surface area contributed by atoms with Crippen LogP contribution >= 0.6 is 0 Å². The molecule has 0 spiro atoms. The first-order valence-corrected chi connectivity index (χ1v) is 11.5. The summed E-state index contributed by atoms with van der Waals surface area (Å²) >= 11 is 0. The van der Waals surface area contributed by atoms with E-state index in [2.05, 4.69) is 14.5 Å². The van der Waals surface area contributed by atoms with Crippen molar-refractivity contribution in [2.75, 3.05) is 13.2 Å². The number of carbonyl (C=O) groups excluding carboxylic acids is 2. The molecule has 1 aromatic carbocycles. The Kier molecular flexibility index (Phi) is 10.5. The monoisotopic (exact) mass is 548 g/mol. The molecule has 1 saturated carbocycles. The first-order valence-electron chi connectivity index (χ1n) is 11.5. The zero-order valence-electron chi connectivity index (χ0n) is 20.5. The highest BCUT2D eigenvalue weighted by Gasteiger charge is 2.38. The van der Waals surface area contributed by atoms with E-state index in [4.69, 9.17) is 10.5 Å². The Morgan fingerprint density at radius 3 is 2.11 bits per heavy atom. The Morgan fingerprint density at radius 1 is 1.00 bits per heavy atom. The van der Waals surface area contributed by atoms with Crippen molar-refractivity contribution in [3.63, 3.8) is 0 Å². The van der Waals surface area contributed by atoms with Crippen molar-refractivity contribution in [1.82, 2.24) is 4.98 Å². The zero-order valence-corrected chi connectivity index (χ0v) is 20.5. The average molecular weight is 548 g/mol. The van der Waals surface area contributed by atoms with Crippen LogP contribution in [0.25, 0.3) is 11.3 Å². The van der Waals surface area contributed by atoms with E-state index < -0.39 is 35.4 Å². The summed E-state index contributed by atoms with van der Waals surface area (Å²) in [6.07, 6.45) is -4.18. The lowest BCUT2D eigenvalue weighted by Crippen LogP contribution is -2.18. The third-order valence-electron chi connectivity index (χ3n) is 4.91. The minimum atomic E-state index is -4.91. The third kappa shape index (κ3) is 9.94. The molecule has 1 aliphatic rings. The normalized spacial score (nSPS) is 13.7. The number of carbonyl (C=O) groups is 2. The first-order chi connectivity index (χ1) is 17.7. The van der Waals surface area contributed by atoms with Gasteiger partial charge in [0.05, 0.1) is 30.0 Å². The summed E-state index contributed by atoms with van der Waals surface area (Å²) in [5.41, 5.74) is 3.82. The quantitative estimate of drug-likeness (QED) is 0.244. The van der Waals surface area contributed by atoms with Crippen molar-refractivity contribution in [2.24, 2.45) is 11.7 Å². The average Bonchev–Trinajstić information content (AvgIpc) is 3.62. The van der Waals surface area contributed by atoms with Crippen molar-refractivity contribution < 1.29 is 50.1 Å². The van der Waals surface area contributed by atoms with Crippen LogP contribution in [0, 0.1) is 5.92 Å². The second-order valence-electron chi connectivity index (χ2n) is 7.99. The lowest BCUT2D eigenvalue weighted by molar-refractivity contribution is -0.274. The molecular formula is C25H26F6N2O5. The van der Waals surface area contributed by atoms with Crippen molar-refractivity contribution in [1.29, 1.82) is 0 Å². The highest BCUT2D eigenvalue weighted by molar-refractivity contribution is 5.98. The second-order valence-corrected chi connectivity index (χ2v) is 7.99. The smallest absolute Gasteiger partial charge is 0.463 e. The van der Waals surface area contributed by atoms with Crippen LogP contribution in [0.15, 0.2) is 48.3 Å². The van der Waals surface area contributed by atoms with E-state index in [1.54, 1.807) is 6.92 Å². The first kappa shape index (κ1) is 30.5. The van der Waals surface area contributed by atoms with Gasteiger partial charge in [-0.25, -0.2) is 9.59 Å². The van der Waals surface area contributed by atoms with Gasteiger partial charge in [0.1, 0.15) is 5.75 Å². The molecule has 0 atom stereocenters. The largest absolute Gasteiger partial charge is 0.573 e. The fraction of sp³-hybridized carbons (Fsp3) is 0.400. The molecule has 1 aliphatic carbocycles. The van der Waals surface area contributed by atoms with Crippen LogP contribution < -0.4 is 10.5 Å². The Morgan fingerprint density at radius 2 is 1.61 bits per heavy atom. The predicted octanol–water partition coefficient (Wildman–Crippen LogP) is 6.03. The Bertz CT molecular complexity index is 1130. The molecule has 208 valence electrons. The van der Waals surface area contributed by atoms with Gasteiger partial charge in [-0.2, -0.15) is 13.2 Å². The molecule has 7 nitrogen and oxygen atoms in total. The molecular weight excluding hydrogens is 522 g/mol. The number of hydrogen-bond acceptors (Lipinski definition) is 7. The van der Waals surface area contributed by atoms with Crippen molar-refractivity contribution in [2.45, 2.75) is 45.6 Å². The van der Waals surface area contributed by atoms with Gasteiger partial charge in [-0.15, -0.1) is 13.2 Å². The number of esters is 2. The van der Waals surface area contributed by atoms with Crippen LogP contribution in [-0.4, -0.2) is 36.5 Å². The number of hydrogen-bond donors (Lipinski definition) is 1. The van der Waals surface area contributed by atoms with E-state index in [-0.39, 0.29) is 23.8 Å². The number of pyridine rings is 1. The maximum Gasteiger partial charge on any atom is 0.573 e. The molecule has 1 fully saturated rings. The van der Waals surface area contributed by atoms with Gasteiger partial charge in [0.15, 0.2) is 0 Å². The molecule has 0 unspecified atom stereocenters. The van der Waals surface area contributed by atoms with Gasteiger partial charge in [0.2, 0.25) is 0 Å². The van der Waals surface area contributed by atoms with Crippen LogP contribution in [0.1, 0.15) is 49.0 Å². The topological polar surface area (TPSA) is 101 Å². The number of allylic oxidation sites excluding steroid dienone is 1. The highest BCUT2D eigenvalue weighted by atomic mass is 19.4. The van der Waals surface area contributed by atoms with Crippen LogP contribution in [0.2, 0.25) is 0 Å². The van der Waals surface area contributed by atoms with Gasteiger partial charge >= 0.3 is 24.5 Å². The highest BCUT2D eigenvalue weighted by Crippen LogP contribution is 2.37. The number of aromatic nitrogens is 1. The summed E-state index contributed by atoms with van der Waals surface area (Å²) in [7, 11) is 0. The number of halogens is 6. The van der Waals surface area contributed by atoms with Gasteiger partial charge < -0.3 is 19.9 Å². The van der Waals surface area contributed by atoms with Gasteiger partial charge in [-0.1, -0.05) is 0 Å². The number of alkyl halides is 6. The zero-order chi connectivity index (χ0) is 28.5. The molecule has 2 N–H and O–H groups in total. The molecule has 3 rings (SSSR count). The standard InChI is InChI=1S/C16H11F6NO3.C9H15NO2/c1-2-25-14(24)12-11(15(17,18)19)7-8-23-13(12)9-3-5-10(6-4-9)26-16(20,21)22;1-2-12-9(11)6-8(10)5-7-3-4-7/h3-8H,2H2,1H3;6-7H,2-5,10H2,1H3. The molecule has 2 aromatic rings. The van der Waals surface area contributed by atoms with E-state index in [1.165, 1.54) is 25.8 Å². The summed E-state index contributed by atoms with van der Waals surface area (Å²) < 4.78 is 89.3. The fourth-order valence-electron chi connectivity index (χ4n) is 3.19. The molecule has 13 heteroatoms. The molecule has 0 radical (unpaired) electrons.